The highest BCUT2D eigenvalue weighted by Gasteiger charge is 2.52. The molecular formula is C33H40O19. The number of hydrogen-bond donors (Lipinski definition) is 11. The Labute approximate surface area is 293 Å². The number of benzene rings is 2. The first-order valence-corrected chi connectivity index (χ1v) is 16.2. The van der Waals surface area contributed by atoms with Crippen LogP contribution in [0.2, 0.25) is 0 Å². The number of ether oxygens (including phenoxy) is 6. The van der Waals surface area contributed by atoms with Crippen molar-refractivity contribution in [1.29, 1.82) is 0 Å². The lowest BCUT2D eigenvalue weighted by atomic mass is 9.97. The number of aromatic hydroxyl groups is 3. The predicted octanol–water partition coefficient (Wildman–Crippen LogP) is -2.54. The molecule has 3 aliphatic heterocycles. The van der Waals surface area contributed by atoms with E-state index < -0.39 is 121 Å². The Bertz CT molecular complexity index is 1760. The summed E-state index contributed by atoms with van der Waals surface area (Å²) in [5.41, 5.74) is -1.02. The normalized spacial score (nSPS) is 38.3. The van der Waals surface area contributed by atoms with E-state index in [1.54, 1.807) is 0 Å². The number of aliphatic hydroxyl groups excluding tert-OH is 8. The first-order valence-electron chi connectivity index (χ1n) is 16.2. The Morgan fingerprint density at radius 1 is 0.673 bits per heavy atom. The molecule has 11 N–H and O–H groups in total. The van der Waals surface area contributed by atoms with Gasteiger partial charge in [-0.1, -0.05) is 0 Å². The molecule has 286 valence electrons. The van der Waals surface area contributed by atoms with Gasteiger partial charge in [0.15, 0.2) is 24.4 Å². The van der Waals surface area contributed by atoms with E-state index in [-0.39, 0.29) is 28.0 Å². The van der Waals surface area contributed by atoms with Crippen LogP contribution in [0, 0.1) is 0 Å². The number of fused-ring (bicyclic) bond motifs is 1. The smallest absolute Gasteiger partial charge is 0.238 e. The van der Waals surface area contributed by atoms with Crippen molar-refractivity contribution in [3.8, 4) is 34.3 Å². The Kier molecular flexibility index (Phi) is 11.0. The third kappa shape index (κ3) is 7.16. The average Bonchev–Trinajstić information content (AvgIpc) is 3.11. The number of phenols is 2. The van der Waals surface area contributed by atoms with Gasteiger partial charge in [0.1, 0.15) is 83.2 Å². The summed E-state index contributed by atoms with van der Waals surface area (Å²) in [4.78, 5) is 12.8. The third-order valence-electron chi connectivity index (χ3n) is 9.28. The van der Waals surface area contributed by atoms with Gasteiger partial charge in [-0.2, -0.15) is 0 Å². The monoisotopic (exact) mass is 740 g/mol. The van der Waals surface area contributed by atoms with Crippen LogP contribution < -0.4 is 10.2 Å². The van der Waals surface area contributed by atoms with Gasteiger partial charge in [0.25, 0.3) is 0 Å². The molecule has 3 fully saturated rings. The fraction of sp³-hybridized carbons (Fsp3) is 0.545. The highest BCUT2D eigenvalue weighted by molar-refractivity contribution is 5.88. The third-order valence-corrected chi connectivity index (χ3v) is 9.28. The van der Waals surface area contributed by atoms with Crippen LogP contribution >= 0.6 is 0 Å². The van der Waals surface area contributed by atoms with Gasteiger partial charge in [0.05, 0.1) is 18.8 Å². The molecule has 0 bridgehead atoms. The second-order valence-electron chi connectivity index (χ2n) is 12.9. The Morgan fingerprint density at radius 3 is 1.90 bits per heavy atom. The van der Waals surface area contributed by atoms with Crippen LogP contribution in [0.4, 0.5) is 0 Å². The predicted molar refractivity (Wildman–Crippen MR) is 170 cm³/mol. The van der Waals surface area contributed by atoms with E-state index >= 15 is 0 Å². The van der Waals surface area contributed by atoms with Crippen molar-refractivity contribution in [2.75, 3.05) is 6.61 Å². The summed E-state index contributed by atoms with van der Waals surface area (Å²) in [7, 11) is 0. The summed E-state index contributed by atoms with van der Waals surface area (Å²) in [5, 5.41) is 114. The van der Waals surface area contributed by atoms with E-state index in [9.17, 15) is 61.0 Å². The lowest BCUT2D eigenvalue weighted by molar-refractivity contribution is -0.360. The van der Waals surface area contributed by atoms with Crippen molar-refractivity contribution in [3.05, 3.63) is 46.6 Å². The molecule has 15 unspecified atom stereocenters. The zero-order valence-electron chi connectivity index (χ0n) is 27.5. The summed E-state index contributed by atoms with van der Waals surface area (Å²) in [5.74, 6) is -2.11. The molecule has 2 aromatic carbocycles. The largest absolute Gasteiger partial charge is 0.508 e. The molecular weight excluding hydrogens is 700 g/mol. The Balaban J connectivity index is 1.25. The molecule has 3 aliphatic rings. The van der Waals surface area contributed by atoms with Crippen molar-refractivity contribution in [2.45, 2.75) is 106 Å². The lowest BCUT2D eigenvalue weighted by Crippen LogP contribution is -2.65. The van der Waals surface area contributed by atoms with Crippen molar-refractivity contribution in [1.82, 2.24) is 0 Å². The molecule has 19 nitrogen and oxygen atoms in total. The minimum atomic E-state index is -1.85. The fourth-order valence-corrected chi connectivity index (χ4v) is 6.19. The van der Waals surface area contributed by atoms with E-state index in [0.717, 1.165) is 12.1 Å². The molecule has 0 radical (unpaired) electrons. The van der Waals surface area contributed by atoms with E-state index in [4.69, 9.17) is 32.8 Å². The maximum Gasteiger partial charge on any atom is 0.238 e. The number of phenolic OH excluding ortho intramolecular Hbond substituents is 2. The highest BCUT2D eigenvalue weighted by atomic mass is 16.8. The Hall–Kier alpha value is -3.67. The van der Waals surface area contributed by atoms with Gasteiger partial charge < -0.3 is 89.0 Å². The van der Waals surface area contributed by atoms with Crippen LogP contribution in [0.3, 0.4) is 0 Å². The van der Waals surface area contributed by atoms with Crippen LogP contribution in [0.1, 0.15) is 13.8 Å². The minimum absolute atomic E-state index is 0.0226. The fourth-order valence-electron chi connectivity index (χ4n) is 6.19. The van der Waals surface area contributed by atoms with Crippen LogP contribution in [0.15, 0.2) is 45.6 Å². The molecule has 6 rings (SSSR count). The number of hydrogen-bond acceptors (Lipinski definition) is 19. The van der Waals surface area contributed by atoms with Crippen molar-refractivity contribution in [2.24, 2.45) is 0 Å². The molecule has 4 heterocycles. The summed E-state index contributed by atoms with van der Waals surface area (Å²) in [6, 6.07) is 7.41. The highest BCUT2D eigenvalue weighted by Crippen LogP contribution is 2.37. The Morgan fingerprint density at radius 2 is 1.27 bits per heavy atom. The minimum Gasteiger partial charge on any atom is -0.508 e. The molecule has 1 aromatic heterocycles. The van der Waals surface area contributed by atoms with Gasteiger partial charge in [-0.25, -0.2) is 0 Å². The summed E-state index contributed by atoms with van der Waals surface area (Å²) in [6.45, 7) is 2.28. The van der Waals surface area contributed by atoms with Gasteiger partial charge in [-0.15, -0.1) is 0 Å². The molecule has 3 aromatic rings. The molecule has 0 amide bonds. The van der Waals surface area contributed by atoms with Gasteiger partial charge in [0, 0.05) is 17.7 Å². The van der Waals surface area contributed by atoms with Crippen LogP contribution in [-0.2, 0) is 23.7 Å². The van der Waals surface area contributed by atoms with Gasteiger partial charge >= 0.3 is 0 Å². The average molecular weight is 741 g/mol. The second-order valence-corrected chi connectivity index (χ2v) is 12.9. The first kappa shape index (κ1) is 38.1. The quantitative estimate of drug-likeness (QED) is 0.113. The summed E-state index contributed by atoms with van der Waals surface area (Å²) >= 11 is 0. The van der Waals surface area contributed by atoms with Crippen LogP contribution in [0.25, 0.3) is 22.3 Å². The summed E-state index contributed by atoms with van der Waals surface area (Å²) in [6.07, 6.45) is -23.1. The van der Waals surface area contributed by atoms with Crippen molar-refractivity contribution in [3.63, 3.8) is 0 Å². The molecule has 0 spiro atoms. The van der Waals surface area contributed by atoms with Crippen molar-refractivity contribution >= 4 is 11.0 Å². The second kappa shape index (κ2) is 15.0. The SMILES string of the molecule is CC1OC(OCC2OC(Oc3ccc(-c4oc5cc(O)cc(O)c5c(=O)c4O)cc3)C(OC3OC(C)C(O)C(O)C3O)C(O)C2O)C(O)C(O)C1O. The van der Waals surface area contributed by atoms with Gasteiger partial charge in [-0.05, 0) is 38.1 Å². The van der Waals surface area contributed by atoms with Gasteiger partial charge in [-0.3, -0.25) is 4.79 Å². The van der Waals surface area contributed by atoms with E-state index in [1.165, 1.54) is 38.1 Å². The molecule has 52 heavy (non-hydrogen) atoms. The molecule has 0 saturated carbocycles. The van der Waals surface area contributed by atoms with E-state index in [2.05, 4.69) is 0 Å². The molecule has 19 heteroatoms. The topological polar surface area (TPSA) is 308 Å². The number of aliphatic hydroxyl groups is 8. The zero-order valence-corrected chi connectivity index (χ0v) is 27.5. The van der Waals surface area contributed by atoms with Crippen molar-refractivity contribution < 1.29 is 89.0 Å². The lowest BCUT2D eigenvalue weighted by Gasteiger charge is -2.46. The van der Waals surface area contributed by atoms with Gasteiger partial charge in [0.2, 0.25) is 17.5 Å². The molecule has 15 atom stereocenters. The zero-order chi connectivity index (χ0) is 37.8. The summed E-state index contributed by atoms with van der Waals surface area (Å²) < 4.78 is 39.8. The molecule has 3 saturated heterocycles. The first-order chi connectivity index (χ1) is 24.6. The van der Waals surface area contributed by atoms with E-state index in [0.29, 0.717) is 0 Å². The maximum atomic E-state index is 12.8. The van der Waals surface area contributed by atoms with Crippen LogP contribution in [-0.4, -0.2) is 155 Å². The number of rotatable bonds is 8. The van der Waals surface area contributed by atoms with E-state index in [1.807, 2.05) is 0 Å². The van der Waals surface area contributed by atoms with Crippen LogP contribution in [0.5, 0.6) is 23.0 Å². The molecule has 0 aliphatic carbocycles. The maximum absolute atomic E-state index is 12.8. The standard InChI is InChI=1S/C33H40O19/c1-10-19(36)23(40)27(44)31(47-10)46-9-17-21(38)25(42)30(52-32-28(45)24(41)20(37)11(2)48-32)33(51-17)49-14-5-3-12(4-6-14)29-26(43)22(39)18-15(35)7-13(34)8-16(18)50-29/h3-8,10-11,17,19-21,23-25,27-28,30-38,40-45H,9H2,1-2H3.